The highest BCUT2D eigenvalue weighted by Crippen LogP contribution is 2.51. The summed E-state index contributed by atoms with van der Waals surface area (Å²) in [5.41, 5.74) is 5.39. The van der Waals surface area contributed by atoms with E-state index in [0.29, 0.717) is 20.1 Å². The average molecular weight is 449 g/mol. The molecule has 0 fully saturated rings. The third-order valence-corrected chi connectivity index (χ3v) is 7.47. The average Bonchev–Trinajstić information content (AvgIpc) is 2.68. The molecule has 0 saturated carbocycles. The lowest BCUT2D eigenvalue weighted by atomic mass is 9.81. The minimum atomic E-state index is -0.184. The molecule has 3 heteroatoms. The lowest BCUT2D eigenvalue weighted by molar-refractivity contribution is 0.434. The zero-order chi connectivity index (χ0) is 23.8. The Morgan fingerprint density at radius 2 is 1.06 bits per heavy atom. The van der Waals surface area contributed by atoms with Gasteiger partial charge in [-0.3, -0.25) is 0 Å². The molecule has 0 aromatic heterocycles. The van der Waals surface area contributed by atoms with Crippen LogP contribution in [0.15, 0.2) is 54.6 Å². The van der Waals surface area contributed by atoms with E-state index in [1.54, 1.807) is 0 Å². The lowest BCUT2D eigenvalue weighted by Crippen LogP contribution is -2.15. The summed E-state index contributed by atoms with van der Waals surface area (Å²) in [4.78, 5) is 0. The van der Waals surface area contributed by atoms with Crippen LogP contribution in [-0.2, 0) is 10.8 Å². The molecule has 3 rings (SSSR count). The molecule has 0 amide bonds. The summed E-state index contributed by atoms with van der Waals surface area (Å²) >= 11 is 0. The van der Waals surface area contributed by atoms with E-state index in [-0.39, 0.29) is 16.5 Å². The highest BCUT2D eigenvalue weighted by Gasteiger charge is 2.29. The number of hydrogen-bond acceptors (Lipinski definition) is 2. The Balaban J connectivity index is 2.31. The molecule has 0 bridgehead atoms. The third-order valence-electron chi connectivity index (χ3n) is 5.89. The summed E-state index contributed by atoms with van der Waals surface area (Å²) in [6.45, 7) is 16.9. The van der Waals surface area contributed by atoms with Gasteiger partial charge in [0, 0.05) is 16.8 Å². The molecule has 32 heavy (non-hydrogen) atoms. The Hall–Kier alpha value is -2.31. The van der Waals surface area contributed by atoms with E-state index < -0.39 is 0 Å². The van der Waals surface area contributed by atoms with Gasteiger partial charge in [0.25, 0.3) is 0 Å². The van der Waals surface area contributed by atoms with E-state index in [4.69, 9.17) is 0 Å². The molecule has 0 saturated heterocycles. The van der Waals surface area contributed by atoms with Crippen LogP contribution in [0.3, 0.4) is 0 Å². The molecule has 0 radical (unpaired) electrons. The van der Waals surface area contributed by atoms with Gasteiger partial charge in [0.1, 0.15) is 11.5 Å². The Morgan fingerprint density at radius 3 is 1.44 bits per heavy atom. The second-order valence-corrected chi connectivity index (χ2v) is 12.4. The van der Waals surface area contributed by atoms with Gasteiger partial charge in [-0.05, 0) is 41.1 Å². The first-order chi connectivity index (χ1) is 14.8. The molecule has 0 spiro atoms. The number of phenols is 2. The van der Waals surface area contributed by atoms with Crippen molar-refractivity contribution in [3.05, 3.63) is 88.0 Å². The fourth-order valence-corrected chi connectivity index (χ4v) is 5.69. The number of aryl methyl sites for hydroxylation is 2. The standard InChI is InChI=1S/C29H37O2P/c1-18-14-21(25(30)23(16-18)28(3,4)5)27(32-20-12-10-9-11-13-20)22-15-19(2)17-24(26(22)31)29(6,7)8/h9-17,27,30-32H,1-8H3. The van der Waals surface area contributed by atoms with Crippen molar-refractivity contribution < 1.29 is 10.2 Å². The molecular weight excluding hydrogens is 411 g/mol. The van der Waals surface area contributed by atoms with Crippen LogP contribution in [0.25, 0.3) is 0 Å². The van der Waals surface area contributed by atoms with Crippen molar-refractivity contribution in [1.82, 2.24) is 0 Å². The lowest BCUT2D eigenvalue weighted by Gasteiger charge is -2.29. The highest BCUT2D eigenvalue weighted by molar-refractivity contribution is 7.47. The molecule has 0 aliphatic rings. The van der Waals surface area contributed by atoms with Crippen LogP contribution in [0.4, 0.5) is 0 Å². The van der Waals surface area contributed by atoms with Crippen molar-refractivity contribution in [3.63, 3.8) is 0 Å². The van der Waals surface area contributed by atoms with Crippen LogP contribution in [-0.4, -0.2) is 10.2 Å². The topological polar surface area (TPSA) is 40.5 Å². The fourth-order valence-electron chi connectivity index (χ4n) is 4.22. The van der Waals surface area contributed by atoms with E-state index in [1.165, 1.54) is 5.30 Å². The van der Waals surface area contributed by atoms with Gasteiger partial charge in [-0.1, -0.05) is 116 Å². The zero-order valence-corrected chi connectivity index (χ0v) is 21.7. The van der Waals surface area contributed by atoms with E-state index in [0.717, 1.165) is 33.4 Å². The van der Waals surface area contributed by atoms with Crippen LogP contribution in [0.1, 0.15) is 80.6 Å². The second kappa shape index (κ2) is 8.91. The summed E-state index contributed by atoms with van der Waals surface area (Å²) in [5, 5.41) is 24.1. The molecule has 170 valence electrons. The van der Waals surface area contributed by atoms with Gasteiger partial charge in [-0.15, -0.1) is 0 Å². The van der Waals surface area contributed by atoms with Gasteiger partial charge < -0.3 is 10.2 Å². The molecule has 0 aliphatic carbocycles. The minimum Gasteiger partial charge on any atom is -0.507 e. The molecule has 0 heterocycles. The van der Waals surface area contributed by atoms with Gasteiger partial charge >= 0.3 is 0 Å². The van der Waals surface area contributed by atoms with Crippen molar-refractivity contribution in [2.75, 3.05) is 0 Å². The van der Waals surface area contributed by atoms with Crippen LogP contribution in [0.5, 0.6) is 11.5 Å². The van der Waals surface area contributed by atoms with Crippen molar-refractivity contribution in [3.8, 4) is 11.5 Å². The van der Waals surface area contributed by atoms with Crippen LogP contribution < -0.4 is 5.30 Å². The first kappa shape index (κ1) is 24.3. The molecule has 2 N–H and O–H groups in total. The number of rotatable bonds is 4. The van der Waals surface area contributed by atoms with E-state index in [2.05, 4.69) is 91.8 Å². The molecule has 1 atom stereocenters. The Morgan fingerprint density at radius 1 is 0.656 bits per heavy atom. The molecular formula is C29H37O2P. The largest absolute Gasteiger partial charge is 0.507 e. The van der Waals surface area contributed by atoms with Crippen LogP contribution in [0.2, 0.25) is 0 Å². The Kier molecular flexibility index (Phi) is 6.78. The van der Waals surface area contributed by atoms with Crippen molar-refractivity contribution in [2.24, 2.45) is 0 Å². The SMILES string of the molecule is Cc1cc(C(Pc2ccccc2)c2cc(C)cc(C(C)(C)C)c2O)c(O)c(C(C)(C)C)c1. The van der Waals surface area contributed by atoms with Crippen LogP contribution >= 0.6 is 8.58 Å². The summed E-state index contributed by atoms with van der Waals surface area (Å²) in [6.07, 6.45) is 0. The molecule has 1 unspecified atom stereocenters. The monoisotopic (exact) mass is 448 g/mol. The van der Waals surface area contributed by atoms with Crippen molar-refractivity contribution in [1.29, 1.82) is 0 Å². The smallest absolute Gasteiger partial charge is 0.123 e. The number of benzene rings is 3. The van der Waals surface area contributed by atoms with Gasteiger partial charge in [-0.2, -0.15) is 0 Å². The maximum absolute atomic E-state index is 11.5. The van der Waals surface area contributed by atoms with Crippen LogP contribution in [0, 0.1) is 13.8 Å². The van der Waals surface area contributed by atoms with Gasteiger partial charge in [0.15, 0.2) is 0 Å². The second-order valence-electron chi connectivity index (χ2n) is 10.9. The molecule has 3 aromatic carbocycles. The molecule has 2 nitrogen and oxygen atoms in total. The van der Waals surface area contributed by atoms with Gasteiger partial charge in [-0.25, -0.2) is 0 Å². The quantitative estimate of drug-likeness (QED) is 0.408. The first-order valence-corrected chi connectivity index (χ1v) is 12.4. The fraction of sp³-hybridized carbons (Fsp3) is 0.379. The summed E-state index contributed by atoms with van der Waals surface area (Å²) in [6, 6.07) is 18.7. The van der Waals surface area contributed by atoms with E-state index in [1.807, 2.05) is 18.2 Å². The maximum Gasteiger partial charge on any atom is 0.123 e. The third kappa shape index (κ3) is 5.18. The van der Waals surface area contributed by atoms with Crippen molar-refractivity contribution >= 4 is 13.9 Å². The summed E-state index contributed by atoms with van der Waals surface area (Å²) in [5.74, 6) is 0.685. The number of hydrogen-bond donors (Lipinski definition) is 2. The predicted molar refractivity (Wildman–Crippen MR) is 139 cm³/mol. The zero-order valence-electron chi connectivity index (χ0n) is 20.7. The normalized spacial score (nSPS) is 12.8. The Bertz CT molecular complexity index is 1030. The first-order valence-electron chi connectivity index (χ1n) is 11.3. The van der Waals surface area contributed by atoms with E-state index in [9.17, 15) is 10.2 Å². The number of phenolic OH excluding ortho intramolecular Hbond substituents is 2. The number of aromatic hydroxyl groups is 2. The van der Waals surface area contributed by atoms with Crippen molar-refractivity contribution in [2.45, 2.75) is 71.9 Å². The summed E-state index contributed by atoms with van der Waals surface area (Å²) in [7, 11) is 0.376. The Labute approximate surface area is 195 Å². The highest BCUT2D eigenvalue weighted by atomic mass is 31.1. The predicted octanol–water partition coefficient (Wildman–Crippen LogP) is 7.40. The maximum atomic E-state index is 11.5. The molecule has 0 aliphatic heterocycles. The summed E-state index contributed by atoms with van der Waals surface area (Å²) < 4.78 is 0. The minimum absolute atomic E-state index is 0.139. The van der Waals surface area contributed by atoms with E-state index >= 15 is 0 Å². The molecule has 3 aromatic rings. The van der Waals surface area contributed by atoms with Gasteiger partial charge in [0.2, 0.25) is 0 Å². The van der Waals surface area contributed by atoms with Gasteiger partial charge in [0.05, 0.1) is 0 Å².